The Morgan fingerprint density at radius 1 is 1.00 bits per heavy atom. The van der Waals surface area contributed by atoms with Crippen LogP contribution in [0.2, 0.25) is 18.1 Å². The fourth-order valence-corrected chi connectivity index (χ4v) is 8.33. The SMILES string of the molecule is COCOc1ccc([Si](C)(C)C(C)(C)C)cc1C12CC3CC(CC(C3)C1)C2. The molecular formula is C24H38O2Si. The predicted molar refractivity (Wildman–Crippen MR) is 116 cm³/mol. The third kappa shape index (κ3) is 3.29. The van der Waals surface area contributed by atoms with E-state index in [1.54, 1.807) is 12.3 Å². The zero-order chi connectivity index (χ0) is 19.4. The van der Waals surface area contributed by atoms with Crippen molar-refractivity contribution in [1.29, 1.82) is 0 Å². The van der Waals surface area contributed by atoms with Gasteiger partial charge in [0.05, 0.1) is 8.07 Å². The van der Waals surface area contributed by atoms with Crippen LogP contribution in [0.1, 0.15) is 64.9 Å². The van der Waals surface area contributed by atoms with Crippen LogP contribution in [0.5, 0.6) is 5.75 Å². The van der Waals surface area contributed by atoms with E-state index in [2.05, 4.69) is 52.1 Å². The van der Waals surface area contributed by atoms with Gasteiger partial charge in [0.25, 0.3) is 0 Å². The number of hydrogen-bond acceptors (Lipinski definition) is 2. The van der Waals surface area contributed by atoms with Gasteiger partial charge in [-0.2, -0.15) is 0 Å². The van der Waals surface area contributed by atoms with E-state index in [1.807, 2.05) is 0 Å². The Labute approximate surface area is 167 Å². The molecule has 5 rings (SSSR count). The van der Waals surface area contributed by atoms with Gasteiger partial charge in [0, 0.05) is 12.7 Å². The molecule has 27 heavy (non-hydrogen) atoms. The molecule has 0 aliphatic heterocycles. The Kier molecular flexibility index (Phi) is 4.79. The van der Waals surface area contributed by atoms with Crippen LogP contribution < -0.4 is 9.92 Å². The Morgan fingerprint density at radius 3 is 2.04 bits per heavy atom. The zero-order valence-electron chi connectivity index (χ0n) is 18.2. The average molecular weight is 387 g/mol. The van der Waals surface area contributed by atoms with Crippen molar-refractivity contribution in [2.24, 2.45) is 17.8 Å². The first-order valence-electron chi connectivity index (χ1n) is 10.9. The monoisotopic (exact) mass is 386 g/mol. The van der Waals surface area contributed by atoms with Gasteiger partial charge >= 0.3 is 0 Å². The van der Waals surface area contributed by atoms with Crippen LogP contribution in [0, 0.1) is 17.8 Å². The molecule has 0 N–H and O–H groups in total. The molecule has 4 aliphatic rings. The van der Waals surface area contributed by atoms with Crippen LogP contribution >= 0.6 is 0 Å². The van der Waals surface area contributed by atoms with E-state index < -0.39 is 8.07 Å². The smallest absolute Gasteiger partial charge is 0.188 e. The van der Waals surface area contributed by atoms with Crippen LogP contribution in [0.3, 0.4) is 0 Å². The molecule has 0 atom stereocenters. The van der Waals surface area contributed by atoms with Crippen molar-refractivity contribution >= 4 is 13.3 Å². The van der Waals surface area contributed by atoms with Crippen molar-refractivity contribution < 1.29 is 9.47 Å². The van der Waals surface area contributed by atoms with Gasteiger partial charge in [-0.15, -0.1) is 0 Å². The lowest BCUT2D eigenvalue weighted by molar-refractivity contribution is -0.00878. The second kappa shape index (κ2) is 6.62. The zero-order valence-corrected chi connectivity index (χ0v) is 19.2. The van der Waals surface area contributed by atoms with Crippen molar-refractivity contribution in [3.63, 3.8) is 0 Å². The van der Waals surface area contributed by atoms with E-state index in [-0.39, 0.29) is 0 Å². The van der Waals surface area contributed by atoms with Gasteiger partial charge in [-0.1, -0.05) is 51.2 Å². The average Bonchev–Trinajstić information content (AvgIpc) is 2.57. The van der Waals surface area contributed by atoms with Gasteiger partial charge < -0.3 is 9.47 Å². The lowest BCUT2D eigenvalue weighted by Crippen LogP contribution is -2.51. The highest BCUT2D eigenvalue weighted by molar-refractivity contribution is 6.92. The molecular weight excluding hydrogens is 348 g/mol. The number of benzene rings is 1. The van der Waals surface area contributed by atoms with Crippen LogP contribution in [0.25, 0.3) is 0 Å². The maximum Gasteiger partial charge on any atom is 0.188 e. The molecule has 3 heteroatoms. The van der Waals surface area contributed by atoms with Crippen molar-refractivity contribution in [2.45, 2.75) is 82.8 Å². The van der Waals surface area contributed by atoms with E-state index in [0.29, 0.717) is 17.2 Å². The van der Waals surface area contributed by atoms with Crippen molar-refractivity contribution in [3.8, 4) is 5.75 Å². The Balaban J connectivity index is 1.79. The van der Waals surface area contributed by atoms with Crippen molar-refractivity contribution in [3.05, 3.63) is 23.8 Å². The Morgan fingerprint density at radius 2 is 1.56 bits per heavy atom. The highest BCUT2D eigenvalue weighted by atomic mass is 28.3. The van der Waals surface area contributed by atoms with Crippen LogP contribution in [-0.4, -0.2) is 22.0 Å². The van der Waals surface area contributed by atoms with E-state index in [1.165, 1.54) is 44.1 Å². The summed E-state index contributed by atoms with van der Waals surface area (Å²) < 4.78 is 11.4. The first-order valence-corrected chi connectivity index (χ1v) is 13.9. The molecule has 0 radical (unpaired) electrons. The lowest BCUT2D eigenvalue weighted by Gasteiger charge is -2.57. The van der Waals surface area contributed by atoms with E-state index in [4.69, 9.17) is 9.47 Å². The lowest BCUT2D eigenvalue weighted by atomic mass is 9.48. The molecule has 4 fully saturated rings. The molecule has 4 bridgehead atoms. The standard InChI is InChI=1S/C24H38O2Si/c1-23(2,3)27(5,6)20-7-8-22(26-16-25-4)21(12-20)24-13-17-9-18(14-24)11-19(10-17)15-24/h7-8,12,17-19H,9-11,13-16H2,1-6H3. The molecule has 0 spiro atoms. The molecule has 0 unspecified atom stereocenters. The third-order valence-corrected chi connectivity index (χ3v) is 14.0. The van der Waals surface area contributed by atoms with Crippen LogP contribution in [-0.2, 0) is 10.2 Å². The fraction of sp³-hybridized carbons (Fsp3) is 0.750. The molecule has 2 nitrogen and oxygen atoms in total. The summed E-state index contributed by atoms with van der Waals surface area (Å²) in [6.45, 7) is 12.7. The predicted octanol–water partition coefficient (Wildman–Crippen LogP) is 5.85. The Hall–Kier alpha value is -0.803. The number of rotatable bonds is 5. The maximum atomic E-state index is 6.12. The van der Waals surface area contributed by atoms with Gasteiger partial charge in [-0.05, 0) is 72.8 Å². The first kappa shape index (κ1) is 19.5. The molecule has 4 aliphatic carbocycles. The van der Waals surface area contributed by atoms with E-state index in [0.717, 1.165) is 23.5 Å². The minimum atomic E-state index is -1.57. The second-order valence-corrected chi connectivity index (χ2v) is 16.7. The molecule has 1 aromatic rings. The minimum absolute atomic E-state index is 0.346. The van der Waals surface area contributed by atoms with Gasteiger partial charge in [0.2, 0.25) is 0 Å². The summed E-state index contributed by atoms with van der Waals surface area (Å²) >= 11 is 0. The summed E-state index contributed by atoms with van der Waals surface area (Å²) in [5, 5.41) is 1.94. The van der Waals surface area contributed by atoms with Crippen LogP contribution in [0.15, 0.2) is 18.2 Å². The highest BCUT2D eigenvalue weighted by Gasteiger charge is 2.53. The van der Waals surface area contributed by atoms with Crippen molar-refractivity contribution in [2.75, 3.05) is 13.9 Å². The summed E-state index contributed by atoms with van der Waals surface area (Å²) in [5.74, 6) is 3.93. The number of methoxy groups -OCH3 is 1. The quantitative estimate of drug-likeness (QED) is 0.466. The molecule has 0 heterocycles. The third-order valence-electron chi connectivity index (χ3n) is 8.52. The molecule has 0 aromatic heterocycles. The van der Waals surface area contributed by atoms with Gasteiger partial charge in [0.1, 0.15) is 5.75 Å². The Bertz CT molecular complexity index is 666. The van der Waals surface area contributed by atoms with Crippen LogP contribution in [0.4, 0.5) is 0 Å². The van der Waals surface area contributed by atoms with Gasteiger partial charge in [-0.3, -0.25) is 0 Å². The fourth-order valence-electron chi connectivity index (χ4n) is 6.45. The summed E-state index contributed by atoms with van der Waals surface area (Å²) in [6.07, 6.45) is 8.58. The topological polar surface area (TPSA) is 18.5 Å². The largest absolute Gasteiger partial charge is 0.467 e. The summed E-state index contributed by atoms with van der Waals surface area (Å²) in [4.78, 5) is 0. The molecule has 150 valence electrons. The molecule has 1 aromatic carbocycles. The van der Waals surface area contributed by atoms with Crippen molar-refractivity contribution in [1.82, 2.24) is 0 Å². The summed E-state index contributed by atoms with van der Waals surface area (Å²) in [5.41, 5.74) is 1.87. The van der Waals surface area contributed by atoms with E-state index in [9.17, 15) is 0 Å². The maximum absolute atomic E-state index is 6.12. The van der Waals surface area contributed by atoms with Gasteiger partial charge in [-0.25, -0.2) is 0 Å². The number of ether oxygens (including phenoxy) is 2. The molecule has 0 amide bonds. The van der Waals surface area contributed by atoms with Gasteiger partial charge in [0.15, 0.2) is 6.79 Å². The highest BCUT2D eigenvalue weighted by Crippen LogP contribution is 2.61. The summed E-state index contributed by atoms with van der Waals surface area (Å²) in [6, 6.07) is 7.20. The molecule has 0 saturated heterocycles. The van der Waals surface area contributed by atoms with E-state index >= 15 is 0 Å². The minimum Gasteiger partial charge on any atom is -0.467 e. The second-order valence-electron chi connectivity index (χ2n) is 11.3. The summed E-state index contributed by atoms with van der Waals surface area (Å²) in [7, 11) is 0.149. The first-order chi connectivity index (χ1) is 12.6. The molecule has 4 saturated carbocycles. The normalized spacial score (nSPS) is 32.7. The number of hydrogen-bond donors (Lipinski definition) is 0.